The molecule has 0 radical (unpaired) electrons. The van der Waals surface area contributed by atoms with Crippen molar-refractivity contribution < 1.29 is 0 Å². The Morgan fingerprint density at radius 2 is 1.43 bits per heavy atom. The van der Waals surface area contributed by atoms with E-state index in [1.165, 1.54) is 22.5 Å². The number of aryl methyl sites for hydroxylation is 2. The minimum absolute atomic E-state index is 0.888. The Balaban J connectivity index is 1.73. The lowest BCUT2D eigenvalue weighted by molar-refractivity contribution is 0.652. The summed E-state index contributed by atoms with van der Waals surface area (Å²) in [6.45, 7) is 8.46. The van der Waals surface area contributed by atoms with Gasteiger partial charge in [0.25, 0.3) is 0 Å². The van der Waals surface area contributed by atoms with E-state index in [1.807, 2.05) is 0 Å². The number of hydrogen-bond acceptors (Lipinski definition) is 3. The molecule has 0 atom stereocenters. The van der Waals surface area contributed by atoms with Crippen LogP contribution in [0.1, 0.15) is 11.1 Å². The van der Waals surface area contributed by atoms with Crippen molar-refractivity contribution in [1.29, 1.82) is 0 Å². The molecule has 0 aromatic heterocycles. The summed E-state index contributed by atoms with van der Waals surface area (Å²) in [5.41, 5.74) is 12.0. The summed E-state index contributed by atoms with van der Waals surface area (Å²) in [5, 5.41) is 0. The van der Waals surface area contributed by atoms with Crippen LogP contribution >= 0.6 is 0 Å². The van der Waals surface area contributed by atoms with Crippen molar-refractivity contribution in [2.24, 2.45) is 0 Å². The van der Waals surface area contributed by atoms with Crippen molar-refractivity contribution in [1.82, 2.24) is 0 Å². The molecule has 0 spiro atoms. The van der Waals surface area contributed by atoms with Crippen LogP contribution in [-0.4, -0.2) is 26.2 Å². The fourth-order valence-electron chi connectivity index (χ4n) is 3.01. The Morgan fingerprint density at radius 1 is 0.810 bits per heavy atom. The van der Waals surface area contributed by atoms with Gasteiger partial charge in [-0.05, 0) is 49.2 Å². The van der Waals surface area contributed by atoms with Gasteiger partial charge in [0, 0.05) is 43.2 Å². The lowest BCUT2D eigenvalue weighted by Gasteiger charge is -2.38. The average Bonchev–Trinajstić information content (AvgIpc) is 2.52. The molecule has 2 aromatic carbocycles. The molecule has 1 heterocycles. The maximum Gasteiger partial charge on any atom is 0.0401 e. The van der Waals surface area contributed by atoms with Gasteiger partial charge in [-0.3, -0.25) is 0 Å². The van der Waals surface area contributed by atoms with Crippen molar-refractivity contribution >= 4 is 17.1 Å². The molecule has 0 bridgehead atoms. The lowest BCUT2D eigenvalue weighted by atomic mass is 10.1. The molecule has 1 aliphatic heterocycles. The summed E-state index contributed by atoms with van der Waals surface area (Å²) in [5.74, 6) is 0. The van der Waals surface area contributed by atoms with E-state index in [0.717, 1.165) is 31.9 Å². The molecule has 3 nitrogen and oxygen atoms in total. The average molecular weight is 281 g/mol. The minimum Gasteiger partial charge on any atom is -0.399 e. The van der Waals surface area contributed by atoms with Gasteiger partial charge in [-0.25, -0.2) is 0 Å². The van der Waals surface area contributed by atoms with Gasteiger partial charge in [-0.2, -0.15) is 0 Å². The Labute approximate surface area is 127 Å². The third-order valence-electron chi connectivity index (χ3n) is 4.33. The topological polar surface area (TPSA) is 32.5 Å². The maximum absolute atomic E-state index is 5.99. The highest BCUT2D eigenvalue weighted by molar-refractivity contribution is 5.63. The quantitative estimate of drug-likeness (QED) is 0.858. The van der Waals surface area contributed by atoms with Crippen LogP contribution in [0.4, 0.5) is 17.1 Å². The number of nitrogen functional groups attached to an aromatic ring is 1. The van der Waals surface area contributed by atoms with Gasteiger partial charge in [0.1, 0.15) is 0 Å². The first kappa shape index (κ1) is 13.8. The molecule has 0 saturated carbocycles. The van der Waals surface area contributed by atoms with Gasteiger partial charge in [0.05, 0.1) is 0 Å². The van der Waals surface area contributed by atoms with E-state index in [9.17, 15) is 0 Å². The highest BCUT2D eigenvalue weighted by atomic mass is 15.3. The zero-order valence-corrected chi connectivity index (χ0v) is 12.8. The second-order valence-corrected chi connectivity index (χ2v) is 5.80. The number of nitrogens with zero attached hydrogens (tertiary/aromatic N) is 2. The first-order valence-electron chi connectivity index (χ1n) is 7.57. The summed E-state index contributed by atoms with van der Waals surface area (Å²) < 4.78 is 0. The molecule has 0 aliphatic carbocycles. The number of hydrogen-bond donors (Lipinski definition) is 1. The molecule has 21 heavy (non-hydrogen) atoms. The highest BCUT2D eigenvalue weighted by Gasteiger charge is 2.19. The molecule has 0 unspecified atom stereocenters. The monoisotopic (exact) mass is 281 g/mol. The van der Waals surface area contributed by atoms with Crippen LogP contribution in [0.15, 0.2) is 42.5 Å². The SMILES string of the molecule is Cc1cc(N2CCN(c3ccccc3)CC2)c(C)cc1N. The van der Waals surface area contributed by atoms with Crippen molar-refractivity contribution in [2.75, 3.05) is 41.7 Å². The molecular formula is C18H23N3. The van der Waals surface area contributed by atoms with Crippen LogP contribution < -0.4 is 15.5 Å². The molecule has 2 N–H and O–H groups in total. The Hall–Kier alpha value is -2.16. The second kappa shape index (κ2) is 5.68. The van der Waals surface area contributed by atoms with E-state index in [1.54, 1.807) is 0 Å². The predicted octanol–water partition coefficient (Wildman–Crippen LogP) is 3.21. The lowest BCUT2D eigenvalue weighted by Crippen LogP contribution is -2.46. The van der Waals surface area contributed by atoms with Crippen molar-refractivity contribution in [3.8, 4) is 0 Å². The van der Waals surface area contributed by atoms with Gasteiger partial charge >= 0.3 is 0 Å². The fraction of sp³-hybridized carbons (Fsp3) is 0.333. The number of benzene rings is 2. The molecule has 3 heteroatoms. The summed E-state index contributed by atoms with van der Waals surface area (Å²) in [4.78, 5) is 4.93. The van der Waals surface area contributed by atoms with Gasteiger partial charge < -0.3 is 15.5 Å². The van der Waals surface area contributed by atoms with E-state index in [-0.39, 0.29) is 0 Å². The van der Waals surface area contributed by atoms with Gasteiger partial charge in [-0.1, -0.05) is 18.2 Å². The van der Waals surface area contributed by atoms with Crippen molar-refractivity contribution in [3.63, 3.8) is 0 Å². The second-order valence-electron chi connectivity index (χ2n) is 5.80. The molecule has 1 aliphatic rings. The first-order chi connectivity index (χ1) is 10.1. The van der Waals surface area contributed by atoms with Gasteiger partial charge in [0.15, 0.2) is 0 Å². The van der Waals surface area contributed by atoms with E-state index in [2.05, 4.69) is 66.1 Å². The molecule has 3 rings (SSSR count). The van der Waals surface area contributed by atoms with E-state index < -0.39 is 0 Å². The smallest absolute Gasteiger partial charge is 0.0401 e. The molecule has 110 valence electrons. The minimum atomic E-state index is 0.888. The number of rotatable bonds is 2. The zero-order chi connectivity index (χ0) is 14.8. The Morgan fingerprint density at radius 3 is 2.10 bits per heavy atom. The van der Waals surface area contributed by atoms with Crippen LogP contribution in [0.5, 0.6) is 0 Å². The molecule has 1 fully saturated rings. The third kappa shape index (κ3) is 2.82. The van der Waals surface area contributed by atoms with Crippen LogP contribution in [0, 0.1) is 13.8 Å². The summed E-state index contributed by atoms with van der Waals surface area (Å²) in [6, 6.07) is 15.0. The molecular weight excluding hydrogens is 258 g/mol. The van der Waals surface area contributed by atoms with Crippen LogP contribution in [0.2, 0.25) is 0 Å². The van der Waals surface area contributed by atoms with Crippen LogP contribution in [-0.2, 0) is 0 Å². The van der Waals surface area contributed by atoms with E-state index >= 15 is 0 Å². The summed E-state index contributed by atoms with van der Waals surface area (Å²) >= 11 is 0. The number of anilines is 3. The van der Waals surface area contributed by atoms with Crippen molar-refractivity contribution in [3.05, 3.63) is 53.6 Å². The third-order valence-corrected chi connectivity index (χ3v) is 4.33. The first-order valence-corrected chi connectivity index (χ1v) is 7.57. The van der Waals surface area contributed by atoms with Crippen molar-refractivity contribution in [2.45, 2.75) is 13.8 Å². The highest BCUT2D eigenvalue weighted by Crippen LogP contribution is 2.27. The Kier molecular flexibility index (Phi) is 3.74. The molecule has 1 saturated heterocycles. The normalized spacial score (nSPS) is 15.3. The predicted molar refractivity (Wildman–Crippen MR) is 91.2 cm³/mol. The largest absolute Gasteiger partial charge is 0.399 e. The zero-order valence-electron chi connectivity index (χ0n) is 12.8. The van der Waals surface area contributed by atoms with E-state index in [0.29, 0.717) is 0 Å². The standard InChI is InChI=1S/C18H23N3/c1-14-13-18(15(2)12-17(14)19)21-10-8-20(9-11-21)16-6-4-3-5-7-16/h3-7,12-13H,8-11,19H2,1-2H3. The number of para-hydroxylation sites is 1. The summed E-state index contributed by atoms with van der Waals surface area (Å²) in [7, 11) is 0. The molecule has 0 amide bonds. The van der Waals surface area contributed by atoms with Gasteiger partial charge in [0.2, 0.25) is 0 Å². The van der Waals surface area contributed by atoms with Crippen LogP contribution in [0.3, 0.4) is 0 Å². The van der Waals surface area contributed by atoms with E-state index in [4.69, 9.17) is 5.73 Å². The maximum atomic E-state index is 5.99. The number of piperazine rings is 1. The van der Waals surface area contributed by atoms with Gasteiger partial charge in [-0.15, -0.1) is 0 Å². The Bertz CT molecular complexity index is 614. The fourth-order valence-corrected chi connectivity index (χ4v) is 3.01. The molecule has 2 aromatic rings. The number of nitrogens with two attached hydrogens (primary N) is 1. The van der Waals surface area contributed by atoms with Crippen LogP contribution in [0.25, 0.3) is 0 Å². The summed E-state index contributed by atoms with van der Waals surface area (Å²) in [6.07, 6.45) is 0.